The first kappa shape index (κ1) is 13.5. The number of nitrogens with zero attached hydrogens (tertiary/aromatic N) is 4. The van der Waals surface area contributed by atoms with Gasteiger partial charge in [0.05, 0.1) is 0 Å². The van der Waals surface area contributed by atoms with Crippen molar-refractivity contribution in [1.82, 2.24) is 14.5 Å². The highest BCUT2D eigenvalue weighted by Crippen LogP contribution is 2.26. The maximum absolute atomic E-state index is 12.5. The van der Waals surface area contributed by atoms with Gasteiger partial charge in [0.2, 0.25) is 11.9 Å². The lowest BCUT2D eigenvalue weighted by Gasteiger charge is -2.37. The lowest BCUT2D eigenvalue weighted by Crippen LogP contribution is -2.51. The van der Waals surface area contributed by atoms with Gasteiger partial charge >= 0.3 is 0 Å². The van der Waals surface area contributed by atoms with Gasteiger partial charge in [-0.1, -0.05) is 19.3 Å². The molecule has 110 valence electrons. The number of anilines is 1. The molecule has 0 N–H and O–H groups in total. The number of hydrogen-bond donors (Lipinski definition) is 0. The van der Waals surface area contributed by atoms with E-state index >= 15 is 0 Å². The van der Waals surface area contributed by atoms with Crippen molar-refractivity contribution in [3.8, 4) is 0 Å². The van der Waals surface area contributed by atoms with E-state index in [-0.39, 0.29) is 0 Å². The van der Waals surface area contributed by atoms with Crippen LogP contribution in [0.2, 0.25) is 0 Å². The monoisotopic (exact) mass is 276 g/mol. The van der Waals surface area contributed by atoms with Crippen LogP contribution in [0.5, 0.6) is 0 Å². The molecule has 20 heavy (non-hydrogen) atoms. The third-order valence-electron chi connectivity index (χ3n) is 4.62. The SMILES string of the molecule is Cn1ccnc1N1CCN(C(=O)C2CCCCC2)CC1. The Bertz CT molecular complexity index is 456. The molecule has 1 aromatic rings. The predicted molar refractivity (Wildman–Crippen MR) is 78.6 cm³/mol. The summed E-state index contributed by atoms with van der Waals surface area (Å²) in [6.07, 6.45) is 9.74. The zero-order chi connectivity index (χ0) is 13.9. The van der Waals surface area contributed by atoms with Gasteiger partial charge < -0.3 is 14.4 Å². The van der Waals surface area contributed by atoms with E-state index in [1.807, 2.05) is 24.0 Å². The Hall–Kier alpha value is -1.52. The standard InChI is InChI=1S/C15H24N4O/c1-17-8-7-16-15(17)19-11-9-18(10-12-19)14(20)13-5-3-2-4-6-13/h7-8,13H,2-6,9-12H2,1H3. The molecule has 5 heteroatoms. The Kier molecular flexibility index (Phi) is 3.94. The minimum Gasteiger partial charge on any atom is -0.339 e. The molecule has 2 fully saturated rings. The summed E-state index contributed by atoms with van der Waals surface area (Å²) in [5.41, 5.74) is 0. The lowest BCUT2D eigenvalue weighted by atomic mass is 9.88. The highest BCUT2D eigenvalue weighted by molar-refractivity contribution is 5.79. The van der Waals surface area contributed by atoms with Crippen LogP contribution in [0, 0.1) is 5.92 Å². The number of carbonyl (C=O) groups is 1. The van der Waals surface area contributed by atoms with Gasteiger partial charge in [-0.3, -0.25) is 4.79 Å². The van der Waals surface area contributed by atoms with Crippen LogP contribution in [0.1, 0.15) is 32.1 Å². The fourth-order valence-corrected chi connectivity index (χ4v) is 3.40. The third-order valence-corrected chi connectivity index (χ3v) is 4.62. The van der Waals surface area contributed by atoms with Crippen molar-refractivity contribution in [2.75, 3.05) is 31.1 Å². The summed E-state index contributed by atoms with van der Waals surface area (Å²) in [5, 5.41) is 0. The smallest absolute Gasteiger partial charge is 0.225 e. The van der Waals surface area contributed by atoms with Crippen molar-refractivity contribution in [3.05, 3.63) is 12.4 Å². The summed E-state index contributed by atoms with van der Waals surface area (Å²) >= 11 is 0. The molecule has 0 bridgehead atoms. The van der Waals surface area contributed by atoms with Gasteiger partial charge in [0.1, 0.15) is 0 Å². The Balaban J connectivity index is 1.55. The van der Waals surface area contributed by atoms with E-state index in [9.17, 15) is 4.79 Å². The Morgan fingerprint density at radius 1 is 1.15 bits per heavy atom. The fourth-order valence-electron chi connectivity index (χ4n) is 3.40. The maximum atomic E-state index is 12.5. The van der Waals surface area contributed by atoms with Crippen LogP contribution < -0.4 is 4.90 Å². The topological polar surface area (TPSA) is 41.4 Å². The predicted octanol–water partition coefficient (Wildman–Crippen LogP) is 1.65. The summed E-state index contributed by atoms with van der Waals surface area (Å²) in [6.45, 7) is 3.46. The summed E-state index contributed by atoms with van der Waals surface area (Å²) in [7, 11) is 2.02. The first-order valence-corrected chi connectivity index (χ1v) is 7.77. The van der Waals surface area contributed by atoms with Crippen LogP contribution in [0.25, 0.3) is 0 Å². The van der Waals surface area contributed by atoms with Gasteiger partial charge in [-0.15, -0.1) is 0 Å². The molecule has 0 unspecified atom stereocenters. The van der Waals surface area contributed by atoms with Gasteiger partial charge in [-0.2, -0.15) is 0 Å². The van der Waals surface area contributed by atoms with Gasteiger partial charge in [0.25, 0.3) is 0 Å². The second-order valence-corrected chi connectivity index (χ2v) is 5.99. The van der Waals surface area contributed by atoms with E-state index in [0.29, 0.717) is 11.8 Å². The van der Waals surface area contributed by atoms with Crippen molar-refractivity contribution in [3.63, 3.8) is 0 Å². The molecule has 5 nitrogen and oxygen atoms in total. The van der Waals surface area contributed by atoms with Crippen LogP contribution in [0.15, 0.2) is 12.4 Å². The van der Waals surface area contributed by atoms with Gasteiger partial charge in [-0.05, 0) is 12.8 Å². The summed E-state index contributed by atoms with van der Waals surface area (Å²) in [4.78, 5) is 21.2. The molecule has 1 saturated carbocycles. The van der Waals surface area contributed by atoms with E-state index in [2.05, 4.69) is 14.8 Å². The van der Waals surface area contributed by atoms with E-state index in [0.717, 1.165) is 45.0 Å². The van der Waals surface area contributed by atoms with Crippen molar-refractivity contribution in [2.24, 2.45) is 13.0 Å². The second-order valence-electron chi connectivity index (χ2n) is 5.99. The molecule has 1 aromatic heterocycles. The van der Waals surface area contributed by atoms with Crippen LogP contribution in [-0.2, 0) is 11.8 Å². The molecule has 0 spiro atoms. The molecule has 0 atom stereocenters. The van der Waals surface area contributed by atoms with Gasteiger partial charge in [0, 0.05) is 51.5 Å². The quantitative estimate of drug-likeness (QED) is 0.825. The van der Waals surface area contributed by atoms with Crippen molar-refractivity contribution in [1.29, 1.82) is 0 Å². The highest BCUT2D eigenvalue weighted by atomic mass is 16.2. The number of imidazole rings is 1. The molecule has 1 saturated heterocycles. The average Bonchev–Trinajstić information content (AvgIpc) is 2.94. The number of piperazine rings is 1. The largest absolute Gasteiger partial charge is 0.339 e. The van der Waals surface area contributed by atoms with Crippen molar-refractivity contribution in [2.45, 2.75) is 32.1 Å². The Morgan fingerprint density at radius 3 is 2.45 bits per heavy atom. The highest BCUT2D eigenvalue weighted by Gasteiger charge is 2.29. The summed E-state index contributed by atoms with van der Waals surface area (Å²) in [5.74, 6) is 1.70. The number of rotatable bonds is 2. The molecule has 1 aliphatic carbocycles. The maximum Gasteiger partial charge on any atom is 0.225 e. The van der Waals surface area contributed by atoms with Crippen LogP contribution in [-0.4, -0.2) is 46.5 Å². The summed E-state index contributed by atoms with van der Waals surface area (Å²) < 4.78 is 2.04. The van der Waals surface area contributed by atoms with E-state index in [4.69, 9.17) is 0 Å². The van der Waals surface area contributed by atoms with Gasteiger partial charge in [0.15, 0.2) is 0 Å². The first-order valence-electron chi connectivity index (χ1n) is 7.77. The van der Waals surface area contributed by atoms with Crippen molar-refractivity contribution >= 4 is 11.9 Å². The Morgan fingerprint density at radius 2 is 1.85 bits per heavy atom. The van der Waals surface area contributed by atoms with E-state index < -0.39 is 0 Å². The zero-order valence-electron chi connectivity index (χ0n) is 12.3. The molecular formula is C15H24N4O. The lowest BCUT2D eigenvalue weighted by molar-refractivity contribution is -0.136. The number of aromatic nitrogens is 2. The van der Waals surface area contributed by atoms with Crippen LogP contribution >= 0.6 is 0 Å². The second kappa shape index (κ2) is 5.85. The molecule has 0 radical (unpaired) electrons. The molecular weight excluding hydrogens is 252 g/mol. The summed E-state index contributed by atoms with van der Waals surface area (Å²) in [6, 6.07) is 0. The minimum atomic E-state index is 0.295. The number of carbonyl (C=O) groups excluding carboxylic acids is 1. The van der Waals surface area contributed by atoms with E-state index in [1.54, 1.807) is 0 Å². The zero-order valence-corrected chi connectivity index (χ0v) is 12.3. The number of amides is 1. The third kappa shape index (κ3) is 2.67. The molecule has 2 heterocycles. The average molecular weight is 276 g/mol. The number of aryl methyl sites for hydroxylation is 1. The first-order chi connectivity index (χ1) is 9.75. The minimum absolute atomic E-state index is 0.295. The molecule has 3 rings (SSSR count). The normalized spacial score (nSPS) is 21.2. The van der Waals surface area contributed by atoms with Crippen molar-refractivity contribution < 1.29 is 4.79 Å². The molecule has 2 aliphatic rings. The Labute approximate surface area is 120 Å². The van der Waals surface area contributed by atoms with E-state index in [1.165, 1.54) is 19.3 Å². The van der Waals surface area contributed by atoms with Crippen LogP contribution in [0.4, 0.5) is 5.95 Å². The molecule has 1 amide bonds. The molecule has 1 aliphatic heterocycles. The number of hydrogen-bond acceptors (Lipinski definition) is 3. The van der Waals surface area contributed by atoms with Crippen LogP contribution in [0.3, 0.4) is 0 Å². The molecule has 0 aromatic carbocycles. The fraction of sp³-hybridized carbons (Fsp3) is 0.733. The van der Waals surface area contributed by atoms with Gasteiger partial charge in [-0.25, -0.2) is 4.98 Å².